The molecule has 1 unspecified atom stereocenters. The monoisotopic (exact) mass is 563 g/mol. The van der Waals surface area contributed by atoms with E-state index < -0.39 is 23.6 Å². The van der Waals surface area contributed by atoms with Gasteiger partial charge in [0.15, 0.2) is 11.6 Å². The van der Waals surface area contributed by atoms with E-state index >= 15 is 0 Å². The van der Waals surface area contributed by atoms with Crippen LogP contribution in [0.15, 0.2) is 60.7 Å². The molecule has 1 aliphatic rings. The van der Waals surface area contributed by atoms with E-state index in [1.807, 2.05) is 71.0 Å². The number of nitrogens with zero attached hydrogens (tertiary/aromatic N) is 1. The van der Waals surface area contributed by atoms with Gasteiger partial charge in [0.1, 0.15) is 17.5 Å². The highest BCUT2D eigenvalue weighted by atomic mass is 19.1. The normalized spacial score (nSPS) is 17.1. The van der Waals surface area contributed by atoms with Crippen molar-refractivity contribution in [3.63, 3.8) is 0 Å². The summed E-state index contributed by atoms with van der Waals surface area (Å²) in [4.78, 5) is 27.3. The third-order valence-corrected chi connectivity index (χ3v) is 7.30. The number of fused-ring (bicyclic) bond motifs is 1. The van der Waals surface area contributed by atoms with Crippen LogP contribution in [0.5, 0.6) is 11.5 Å². The molecule has 7 nitrogen and oxygen atoms in total. The molecule has 3 atom stereocenters. The molecule has 1 amide bonds. The zero-order valence-corrected chi connectivity index (χ0v) is 24.7. The van der Waals surface area contributed by atoms with E-state index in [2.05, 4.69) is 0 Å². The van der Waals surface area contributed by atoms with Crippen molar-refractivity contribution in [2.24, 2.45) is 0 Å². The van der Waals surface area contributed by atoms with Crippen LogP contribution in [-0.2, 0) is 9.47 Å². The molecule has 0 aliphatic carbocycles. The molecule has 3 aromatic carbocycles. The second kappa shape index (κ2) is 12.2. The van der Waals surface area contributed by atoms with Gasteiger partial charge in [-0.15, -0.1) is 0 Å². The number of hydrogen-bond acceptors (Lipinski definition) is 6. The number of benzene rings is 3. The number of rotatable bonds is 7. The number of ether oxygens (including phenoxy) is 4. The Kier molecular flexibility index (Phi) is 8.90. The lowest BCUT2D eigenvalue weighted by Gasteiger charge is -2.38. The van der Waals surface area contributed by atoms with E-state index in [-0.39, 0.29) is 30.3 Å². The van der Waals surface area contributed by atoms with Gasteiger partial charge in [-0.05, 0) is 82.0 Å². The van der Waals surface area contributed by atoms with Gasteiger partial charge in [-0.1, -0.05) is 36.4 Å². The summed E-state index contributed by atoms with van der Waals surface area (Å²) in [6.45, 7) is 9.45. The van der Waals surface area contributed by atoms with Crippen LogP contribution in [0.25, 0.3) is 0 Å². The quantitative estimate of drug-likeness (QED) is 0.283. The first kappa shape index (κ1) is 29.9. The number of carbonyl (C=O) groups is 2. The predicted octanol–water partition coefficient (Wildman–Crippen LogP) is 7.21. The van der Waals surface area contributed by atoms with Gasteiger partial charge in [-0.2, -0.15) is 0 Å². The summed E-state index contributed by atoms with van der Waals surface area (Å²) in [5.74, 6) is -0.0394. The van der Waals surface area contributed by atoms with E-state index in [0.29, 0.717) is 17.5 Å². The van der Waals surface area contributed by atoms with Crippen LogP contribution >= 0.6 is 0 Å². The van der Waals surface area contributed by atoms with E-state index in [9.17, 15) is 14.0 Å². The van der Waals surface area contributed by atoms with Crippen LogP contribution in [0.1, 0.15) is 78.7 Å². The van der Waals surface area contributed by atoms with Crippen LogP contribution in [0, 0.1) is 12.7 Å². The lowest BCUT2D eigenvalue weighted by molar-refractivity contribution is 0.00553. The Bertz CT molecular complexity index is 1420. The smallest absolute Gasteiger partial charge is 0.410 e. The zero-order chi connectivity index (χ0) is 29.9. The Balaban J connectivity index is 1.68. The van der Waals surface area contributed by atoms with Crippen LogP contribution in [0.4, 0.5) is 9.18 Å². The molecule has 3 aromatic rings. The molecule has 0 saturated carbocycles. The molecular formula is C33H38FNO6. The Morgan fingerprint density at radius 3 is 2.46 bits per heavy atom. The molecule has 218 valence electrons. The van der Waals surface area contributed by atoms with Crippen molar-refractivity contribution in [2.45, 2.75) is 64.7 Å². The largest absolute Gasteiger partial charge is 0.494 e. The highest BCUT2D eigenvalue weighted by Gasteiger charge is 2.35. The third-order valence-electron chi connectivity index (χ3n) is 7.30. The predicted molar refractivity (Wildman–Crippen MR) is 154 cm³/mol. The highest BCUT2D eigenvalue weighted by Crippen LogP contribution is 2.41. The van der Waals surface area contributed by atoms with Gasteiger partial charge in [-0.25, -0.2) is 14.0 Å². The molecule has 0 N–H and O–H groups in total. The fourth-order valence-corrected chi connectivity index (χ4v) is 5.21. The molecule has 4 rings (SSSR count). The fraction of sp³-hybridized carbons (Fsp3) is 0.394. The maximum absolute atomic E-state index is 14.2. The number of amides is 1. The molecule has 1 heterocycles. The molecule has 0 aromatic heterocycles. The second-order valence-electron chi connectivity index (χ2n) is 11.3. The van der Waals surface area contributed by atoms with Gasteiger partial charge in [0.2, 0.25) is 0 Å². The zero-order valence-electron chi connectivity index (χ0n) is 24.7. The Hall–Kier alpha value is -4.07. The van der Waals surface area contributed by atoms with Gasteiger partial charge in [0.25, 0.3) is 0 Å². The van der Waals surface area contributed by atoms with Crippen molar-refractivity contribution >= 4 is 12.1 Å². The average Bonchev–Trinajstić information content (AvgIpc) is 2.94. The molecule has 0 spiro atoms. The first-order valence-corrected chi connectivity index (χ1v) is 13.7. The molecule has 41 heavy (non-hydrogen) atoms. The van der Waals surface area contributed by atoms with Crippen molar-refractivity contribution in [1.82, 2.24) is 4.90 Å². The minimum atomic E-state index is -0.711. The van der Waals surface area contributed by atoms with Crippen molar-refractivity contribution in [3.8, 4) is 11.5 Å². The molecule has 0 fully saturated rings. The summed E-state index contributed by atoms with van der Waals surface area (Å²) < 4.78 is 36.5. The minimum Gasteiger partial charge on any atom is -0.494 e. The molecule has 0 saturated heterocycles. The number of hydrogen-bond donors (Lipinski definition) is 0. The first-order chi connectivity index (χ1) is 19.4. The lowest BCUT2D eigenvalue weighted by atomic mass is 9.83. The fourth-order valence-electron chi connectivity index (χ4n) is 5.21. The number of halogens is 1. The maximum atomic E-state index is 14.2. The van der Waals surface area contributed by atoms with Crippen molar-refractivity contribution in [2.75, 3.05) is 20.8 Å². The number of methoxy groups -OCH3 is 2. The SMILES string of the molecule is COC(=O)c1ccc(C2C[C@H](CN(C(=O)OC(C)(C)C)[C@H](C)c3ccc(F)c(OC)c3)Oc3ccccc32)cc1C. The third kappa shape index (κ3) is 6.81. The second-order valence-corrected chi connectivity index (χ2v) is 11.3. The maximum Gasteiger partial charge on any atom is 0.410 e. The highest BCUT2D eigenvalue weighted by molar-refractivity contribution is 5.91. The summed E-state index contributed by atoms with van der Waals surface area (Å²) in [7, 11) is 2.78. The van der Waals surface area contributed by atoms with E-state index in [4.69, 9.17) is 18.9 Å². The average molecular weight is 564 g/mol. The number of carbonyl (C=O) groups excluding carboxylic acids is 2. The van der Waals surface area contributed by atoms with E-state index in [1.165, 1.54) is 20.3 Å². The van der Waals surface area contributed by atoms with Crippen LogP contribution in [0.2, 0.25) is 0 Å². The van der Waals surface area contributed by atoms with Crippen LogP contribution in [0.3, 0.4) is 0 Å². The molecule has 1 aliphatic heterocycles. The van der Waals surface area contributed by atoms with Crippen molar-refractivity contribution in [1.29, 1.82) is 0 Å². The van der Waals surface area contributed by atoms with Gasteiger partial charge >= 0.3 is 12.1 Å². The minimum absolute atomic E-state index is 0.0305. The van der Waals surface area contributed by atoms with Crippen LogP contribution in [-0.4, -0.2) is 49.4 Å². The standard InChI is InChI=1S/C33H38FNO6/c1-20-16-23(12-14-25(20)31(36)39-7)27-18-24(40-29-11-9-8-10-26(27)29)19-35(32(37)41-33(3,4)5)21(2)22-13-15-28(34)30(17-22)38-6/h8-17,21,24,27H,18-19H2,1-7H3/t21-,24-,27?/m1/s1. The lowest BCUT2D eigenvalue weighted by Crippen LogP contribution is -2.45. The summed E-state index contributed by atoms with van der Waals surface area (Å²) >= 11 is 0. The van der Waals surface area contributed by atoms with E-state index in [1.54, 1.807) is 23.1 Å². The summed E-state index contributed by atoms with van der Waals surface area (Å²) in [6, 6.07) is 17.7. The van der Waals surface area contributed by atoms with Gasteiger partial charge in [0, 0.05) is 11.5 Å². The Morgan fingerprint density at radius 1 is 1.07 bits per heavy atom. The molecule has 0 radical (unpaired) electrons. The van der Waals surface area contributed by atoms with E-state index in [0.717, 1.165) is 22.4 Å². The van der Waals surface area contributed by atoms with Crippen LogP contribution < -0.4 is 9.47 Å². The summed E-state index contributed by atoms with van der Waals surface area (Å²) in [6.07, 6.45) is -0.273. The Labute approximate surface area is 241 Å². The van der Waals surface area contributed by atoms with Crippen molar-refractivity contribution < 1.29 is 32.9 Å². The molecular weight excluding hydrogens is 525 g/mol. The number of para-hydroxylation sites is 1. The van der Waals surface area contributed by atoms with Crippen molar-refractivity contribution in [3.05, 3.63) is 94.3 Å². The van der Waals surface area contributed by atoms with Gasteiger partial charge in [-0.3, -0.25) is 4.90 Å². The number of aryl methyl sites for hydroxylation is 1. The Morgan fingerprint density at radius 2 is 1.80 bits per heavy atom. The molecule has 8 heteroatoms. The topological polar surface area (TPSA) is 74.3 Å². The summed E-state index contributed by atoms with van der Waals surface area (Å²) in [5, 5.41) is 0. The van der Waals surface area contributed by atoms with Gasteiger partial charge in [0.05, 0.1) is 32.4 Å². The van der Waals surface area contributed by atoms with Gasteiger partial charge < -0.3 is 18.9 Å². The summed E-state index contributed by atoms with van der Waals surface area (Å²) in [5.41, 5.74) is 3.41. The molecule has 0 bridgehead atoms. The number of esters is 1. The first-order valence-electron chi connectivity index (χ1n) is 13.7.